The molecular weight excluding hydrogens is 210 g/mol. The van der Waals surface area contributed by atoms with Gasteiger partial charge in [0.2, 0.25) is 0 Å². The molecule has 0 saturated carbocycles. The maximum atomic E-state index is 12.0. The molecule has 0 aliphatic carbocycles. The molecule has 2 atom stereocenters. The van der Waals surface area contributed by atoms with Gasteiger partial charge in [0.1, 0.15) is 0 Å². The van der Waals surface area contributed by atoms with E-state index in [1.165, 1.54) is 0 Å². The second-order valence-electron chi connectivity index (χ2n) is 4.21. The minimum atomic E-state index is -0.683. The minimum Gasteiger partial charge on any atom is -0.381 e. The average molecular weight is 233 g/mol. The monoisotopic (exact) mass is 233 g/mol. The highest BCUT2D eigenvalue weighted by atomic mass is 32.2. The van der Waals surface area contributed by atoms with Crippen molar-refractivity contribution in [3.63, 3.8) is 0 Å². The molecule has 0 bridgehead atoms. The highest BCUT2D eigenvalue weighted by molar-refractivity contribution is 7.85. The van der Waals surface area contributed by atoms with Crippen molar-refractivity contribution in [2.24, 2.45) is 0 Å². The quantitative estimate of drug-likeness (QED) is 0.751. The SMILES string of the molecule is CCCNC(C)CS(=O)C1CCOCC1. The summed E-state index contributed by atoms with van der Waals surface area (Å²) in [4.78, 5) is 0. The van der Waals surface area contributed by atoms with Gasteiger partial charge in [-0.25, -0.2) is 0 Å². The number of hydrogen-bond donors (Lipinski definition) is 1. The van der Waals surface area contributed by atoms with Gasteiger partial charge in [-0.1, -0.05) is 6.92 Å². The lowest BCUT2D eigenvalue weighted by Crippen LogP contribution is -2.36. The Balaban J connectivity index is 2.21. The van der Waals surface area contributed by atoms with E-state index in [9.17, 15) is 4.21 Å². The summed E-state index contributed by atoms with van der Waals surface area (Å²) in [5, 5.41) is 3.74. The van der Waals surface area contributed by atoms with E-state index in [2.05, 4.69) is 19.2 Å². The molecule has 1 aliphatic heterocycles. The lowest BCUT2D eigenvalue weighted by Gasteiger charge is -2.23. The van der Waals surface area contributed by atoms with Gasteiger partial charge in [-0.2, -0.15) is 0 Å². The van der Waals surface area contributed by atoms with Gasteiger partial charge < -0.3 is 10.1 Å². The molecule has 0 amide bonds. The molecule has 0 aromatic rings. The van der Waals surface area contributed by atoms with Crippen LogP contribution in [0.5, 0.6) is 0 Å². The molecule has 15 heavy (non-hydrogen) atoms. The van der Waals surface area contributed by atoms with E-state index in [1.807, 2.05) is 0 Å². The largest absolute Gasteiger partial charge is 0.381 e. The van der Waals surface area contributed by atoms with Crippen molar-refractivity contribution < 1.29 is 8.95 Å². The summed E-state index contributed by atoms with van der Waals surface area (Å²) < 4.78 is 17.3. The lowest BCUT2D eigenvalue weighted by atomic mass is 10.2. The van der Waals surface area contributed by atoms with E-state index in [4.69, 9.17) is 4.74 Å². The predicted molar refractivity (Wildman–Crippen MR) is 64.6 cm³/mol. The van der Waals surface area contributed by atoms with E-state index >= 15 is 0 Å². The van der Waals surface area contributed by atoms with Crippen LogP contribution in [0.1, 0.15) is 33.1 Å². The highest BCUT2D eigenvalue weighted by Gasteiger charge is 2.21. The van der Waals surface area contributed by atoms with Crippen LogP contribution in [0.2, 0.25) is 0 Å². The maximum absolute atomic E-state index is 12.0. The topological polar surface area (TPSA) is 38.3 Å². The van der Waals surface area contributed by atoms with E-state index in [-0.39, 0.29) is 0 Å². The Morgan fingerprint density at radius 3 is 2.73 bits per heavy atom. The fourth-order valence-electron chi connectivity index (χ4n) is 1.77. The first-order valence-corrected chi connectivity index (χ1v) is 7.30. The molecule has 0 radical (unpaired) electrons. The van der Waals surface area contributed by atoms with Gasteiger partial charge in [-0.05, 0) is 32.7 Å². The predicted octanol–water partition coefficient (Wildman–Crippen LogP) is 1.30. The van der Waals surface area contributed by atoms with Gasteiger partial charge in [0.25, 0.3) is 0 Å². The van der Waals surface area contributed by atoms with Crippen LogP contribution in [0.25, 0.3) is 0 Å². The van der Waals surface area contributed by atoms with Crippen LogP contribution >= 0.6 is 0 Å². The molecule has 3 nitrogen and oxygen atoms in total. The minimum absolute atomic E-state index is 0.365. The summed E-state index contributed by atoms with van der Waals surface area (Å²) in [7, 11) is -0.683. The Morgan fingerprint density at radius 1 is 1.47 bits per heavy atom. The van der Waals surface area contributed by atoms with Gasteiger partial charge in [0.05, 0.1) is 0 Å². The molecule has 1 saturated heterocycles. The van der Waals surface area contributed by atoms with E-state index in [0.717, 1.165) is 44.8 Å². The summed E-state index contributed by atoms with van der Waals surface area (Å²) in [6.45, 7) is 6.86. The first-order chi connectivity index (χ1) is 7.24. The average Bonchev–Trinajstić information content (AvgIpc) is 2.27. The van der Waals surface area contributed by atoms with Crippen LogP contribution in [0.3, 0.4) is 0 Å². The Bertz CT molecular complexity index is 193. The zero-order valence-electron chi connectivity index (χ0n) is 9.83. The number of ether oxygens (including phenoxy) is 1. The Morgan fingerprint density at radius 2 is 2.13 bits per heavy atom. The van der Waals surface area contributed by atoms with Crippen molar-refractivity contribution in [2.75, 3.05) is 25.5 Å². The van der Waals surface area contributed by atoms with Crippen LogP contribution < -0.4 is 5.32 Å². The zero-order chi connectivity index (χ0) is 11.1. The van der Waals surface area contributed by atoms with Gasteiger partial charge in [0.15, 0.2) is 0 Å². The van der Waals surface area contributed by atoms with Gasteiger partial charge in [-0.15, -0.1) is 0 Å². The molecule has 1 fully saturated rings. The summed E-state index contributed by atoms with van der Waals surface area (Å²) in [5.74, 6) is 0.782. The highest BCUT2D eigenvalue weighted by Crippen LogP contribution is 2.13. The van der Waals surface area contributed by atoms with Crippen molar-refractivity contribution in [3.8, 4) is 0 Å². The Kier molecular flexibility index (Phi) is 6.45. The fourth-order valence-corrected chi connectivity index (χ4v) is 3.37. The fraction of sp³-hybridized carbons (Fsp3) is 1.00. The van der Waals surface area contributed by atoms with E-state index in [0.29, 0.717) is 11.3 Å². The van der Waals surface area contributed by atoms with Crippen molar-refractivity contribution in [1.82, 2.24) is 5.32 Å². The van der Waals surface area contributed by atoms with Gasteiger partial charge in [0, 0.05) is 41.1 Å². The van der Waals surface area contributed by atoms with Crippen molar-refractivity contribution >= 4 is 10.8 Å². The van der Waals surface area contributed by atoms with Gasteiger partial charge >= 0.3 is 0 Å². The Labute approximate surface area is 95.4 Å². The molecule has 1 aliphatic rings. The second kappa shape index (κ2) is 7.36. The third-order valence-corrected chi connectivity index (χ3v) is 4.74. The molecule has 1 rings (SSSR count). The number of hydrogen-bond acceptors (Lipinski definition) is 3. The van der Waals surface area contributed by atoms with Crippen molar-refractivity contribution in [3.05, 3.63) is 0 Å². The van der Waals surface area contributed by atoms with Crippen LogP contribution in [0.15, 0.2) is 0 Å². The normalized spacial score (nSPS) is 22.5. The molecule has 1 heterocycles. The van der Waals surface area contributed by atoms with Crippen LogP contribution in [-0.2, 0) is 15.5 Å². The molecule has 1 N–H and O–H groups in total. The summed E-state index contributed by atoms with van der Waals surface area (Å²) >= 11 is 0. The number of rotatable bonds is 6. The van der Waals surface area contributed by atoms with E-state index in [1.54, 1.807) is 0 Å². The third kappa shape index (κ3) is 5.09. The van der Waals surface area contributed by atoms with Crippen molar-refractivity contribution in [2.45, 2.75) is 44.4 Å². The third-order valence-electron chi connectivity index (χ3n) is 2.70. The molecule has 0 spiro atoms. The smallest absolute Gasteiger partial charge is 0.0477 e. The lowest BCUT2D eigenvalue weighted by molar-refractivity contribution is 0.0992. The second-order valence-corrected chi connectivity index (χ2v) is 5.98. The van der Waals surface area contributed by atoms with Crippen LogP contribution in [-0.4, -0.2) is 41.0 Å². The molecule has 90 valence electrons. The van der Waals surface area contributed by atoms with E-state index < -0.39 is 10.8 Å². The van der Waals surface area contributed by atoms with Crippen molar-refractivity contribution in [1.29, 1.82) is 0 Å². The zero-order valence-corrected chi connectivity index (χ0v) is 10.6. The molecule has 0 aromatic heterocycles. The molecular formula is C11H23NO2S. The molecule has 4 heteroatoms. The summed E-state index contributed by atoms with van der Waals surface area (Å²) in [6, 6.07) is 0.369. The first kappa shape index (κ1) is 13.1. The maximum Gasteiger partial charge on any atom is 0.0477 e. The van der Waals surface area contributed by atoms with Crippen LogP contribution in [0.4, 0.5) is 0 Å². The number of nitrogens with one attached hydrogen (secondary N) is 1. The summed E-state index contributed by atoms with van der Waals surface area (Å²) in [5.41, 5.74) is 0. The molecule has 2 unspecified atom stereocenters. The first-order valence-electron chi connectivity index (χ1n) is 5.92. The molecule has 0 aromatic carbocycles. The Hall–Kier alpha value is 0.0700. The standard InChI is InChI=1S/C11H23NO2S/c1-3-6-12-10(2)9-15(13)11-4-7-14-8-5-11/h10-12H,3-9H2,1-2H3. The van der Waals surface area contributed by atoms with Gasteiger partial charge in [-0.3, -0.25) is 4.21 Å². The summed E-state index contributed by atoms with van der Waals surface area (Å²) in [6.07, 6.45) is 3.06. The van der Waals surface area contributed by atoms with Crippen LogP contribution in [0, 0.1) is 0 Å².